The van der Waals surface area contributed by atoms with Gasteiger partial charge in [-0.3, -0.25) is 4.79 Å². The van der Waals surface area contributed by atoms with Gasteiger partial charge in [-0.25, -0.2) is 14.2 Å². The Kier molecular flexibility index (Phi) is 6.63. The van der Waals surface area contributed by atoms with Crippen LogP contribution in [-0.2, 0) is 9.53 Å². The van der Waals surface area contributed by atoms with Gasteiger partial charge >= 0.3 is 5.97 Å². The predicted octanol–water partition coefficient (Wildman–Crippen LogP) is 5.14. The number of esters is 1. The van der Waals surface area contributed by atoms with E-state index in [4.69, 9.17) is 4.74 Å². The highest BCUT2D eigenvalue weighted by Crippen LogP contribution is 2.24. The third-order valence-electron chi connectivity index (χ3n) is 5.88. The SMILES string of the molecule is Cc1nn(-c2ccccc2)c(C)c1NC(=O)COC(=O)c1cc(-c2ccccc2)nn1-c1ccccc1. The molecule has 0 aliphatic rings. The minimum atomic E-state index is -0.651. The van der Waals surface area contributed by atoms with Crippen molar-refractivity contribution in [3.63, 3.8) is 0 Å². The van der Waals surface area contributed by atoms with E-state index in [-0.39, 0.29) is 5.69 Å². The number of nitrogens with one attached hydrogen (secondary N) is 1. The van der Waals surface area contributed by atoms with Gasteiger partial charge in [0.05, 0.1) is 34.1 Å². The largest absolute Gasteiger partial charge is 0.451 e. The van der Waals surface area contributed by atoms with Gasteiger partial charge in [0, 0.05) is 5.56 Å². The van der Waals surface area contributed by atoms with Crippen molar-refractivity contribution in [2.45, 2.75) is 13.8 Å². The number of ether oxygens (including phenoxy) is 1. The molecule has 0 radical (unpaired) electrons. The van der Waals surface area contributed by atoms with Crippen LogP contribution < -0.4 is 5.32 Å². The smallest absolute Gasteiger partial charge is 0.357 e. The minimum absolute atomic E-state index is 0.224. The summed E-state index contributed by atoms with van der Waals surface area (Å²) >= 11 is 0. The zero-order chi connectivity index (χ0) is 25.8. The maximum absolute atomic E-state index is 13.1. The second-order valence-corrected chi connectivity index (χ2v) is 8.45. The fourth-order valence-corrected chi connectivity index (χ4v) is 4.07. The Morgan fingerprint density at radius 3 is 1.97 bits per heavy atom. The topological polar surface area (TPSA) is 91.0 Å². The fraction of sp³-hybridized carbons (Fsp3) is 0.103. The van der Waals surface area contributed by atoms with Crippen molar-refractivity contribution in [3.05, 3.63) is 114 Å². The highest BCUT2D eigenvalue weighted by molar-refractivity contribution is 5.96. The van der Waals surface area contributed by atoms with Crippen LogP contribution in [0.1, 0.15) is 21.9 Å². The van der Waals surface area contributed by atoms with Crippen molar-refractivity contribution in [1.29, 1.82) is 0 Å². The quantitative estimate of drug-likeness (QED) is 0.319. The maximum atomic E-state index is 13.1. The number of rotatable bonds is 7. The molecule has 2 heterocycles. The molecule has 0 unspecified atom stereocenters. The molecule has 1 N–H and O–H groups in total. The Morgan fingerprint density at radius 2 is 1.35 bits per heavy atom. The molecule has 1 amide bonds. The molecule has 2 aromatic heterocycles. The lowest BCUT2D eigenvalue weighted by Crippen LogP contribution is -2.22. The summed E-state index contributed by atoms with van der Waals surface area (Å²) in [6, 6.07) is 30.2. The number of carbonyl (C=O) groups excluding carboxylic acids is 2. The molecule has 0 bridgehead atoms. The van der Waals surface area contributed by atoms with Gasteiger partial charge in [-0.05, 0) is 44.2 Å². The number of aryl methyl sites for hydroxylation is 1. The molecule has 0 spiro atoms. The van der Waals surface area contributed by atoms with E-state index in [0.717, 1.165) is 16.9 Å². The van der Waals surface area contributed by atoms with Gasteiger partial charge in [0.1, 0.15) is 0 Å². The second kappa shape index (κ2) is 10.3. The van der Waals surface area contributed by atoms with E-state index >= 15 is 0 Å². The van der Waals surface area contributed by atoms with Crippen LogP contribution >= 0.6 is 0 Å². The number of para-hydroxylation sites is 2. The third-order valence-corrected chi connectivity index (χ3v) is 5.88. The van der Waals surface area contributed by atoms with E-state index in [0.29, 0.717) is 22.8 Å². The zero-order valence-corrected chi connectivity index (χ0v) is 20.5. The molecule has 37 heavy (non-hydrogen) atoms. The summed E-state index contributed by atoms with van der Waals surface area (Å²) in [6.07, 6.45) is 0. The van der Waals surface area contributed by atoms with Crippen LogP contribution in [0.5, 0.6) is 0 Å². The van der Waals surface area contributed by atoms with Crippen molar-refractivity contribution in [2.75, 3.05) is 11.9 Å². The Balaban J connectivity index is 1.33. The number of aromatic nitrogens is 4. The highest BCUT2D eigenvalue weighted by Gasteiger charge is 2.21. The van der Waals surface area contributed by atoms with Crippen LogP contribution in [-0.4, -0.2) is 38.0 Å². The van der Waals surface area contributed by atoms with Gasteiger partial charge in [0.25, 0.3) is 5.91 Å². The maximum Gasteiger partial charge on any atom is 0.357 e. The lowest BCUT2D eigenvalue weighted by Gasteiger charge is -2.09. The molecule has 0 saturated heterocycles. The number of nitrogens with zero attached hydrogens (tertiary/aromatic N) is 4. The summed E-state index contributed by atoms with van der Waals surface area (Å²) in [5.41, 5.74) is 5.34. The monoisotopic (exact) mass is 491 g/mol. The molecule has 0 atom stereocenters. The zero-order valence-electron chi connectivity index (χ0n) is 20.5. The van der Waals surface area contributed by atoms with Crippen LogP contribution in [0.15, 0.2) is 97.1 Å². The van der Waals surface area contributed by atoms with Crippen LogP contribution in [0, 0.1) is 13.8 Å². The summed E-state index contributed by atoms with van der Waals surface area (Å²) in [5.74, 6) is -1.11. The Hall–Kier alpha value is -4.98. The molecule has 0 aliphatic carbocycles. The van der Waals surface area contributed by atoms with Crippen molar-refractivity contribution >= 4 is 17.6 Å². The normalized spacial score (nSPS) is 10.8. The lowest BCUT2D eigenvalue weighted by atomic mass is 10.1. The average Bonchev–Trinajstić information content (AvgIpc) is 3.51. The summed E-state index contributed by atoms with van der Waals surface area (Å²) in [5, 5.41) is 12.0. The first-order valence-electron chi connectivity index (χ1n) is 11.8. The number of hydrogen-bond acceptors (Lipinski definition) is 5. The molecule has 5 rings (SSSR count). The molecule has 5 aromatic rings. The van der Waals surface area contributed by atoms with Gasteiger partial charge in [-0.2, -0.15) is 10.2 Å². The summed E-state index contributed by atoms with van der Waals surface area (Å²) < 4.78 is 8.70. The molecular formula is C29H25N5O3. The van der Waals surface area contributed by atoms with E-state index in [1.807, 2.05) is 105 Å². The van der Waals surface area contributed by atoms with Gasteiger partial charge in [0.2, 0.25) is 0 Å². The van der Waals surface area contributed by atoms with E-state index < -0.39 is 18.5 Å². The number of carbonyl (C=O) groups is 2. The standard InChI is InChI=1S/C29H25N5O3/c1-20-28(21(2)33(31-20)23-14-8-4-9-15-23)30-27(35)19-37-29(36)26-18-25(22-12-6-3-7-13-22)32-34(26)24-16-10-5-11-17-24/h3-18H,19H2,1-2H3,(H,30,35). The van der Waals surface area contributed by atoms with E-state index in [9.17, 15) is 9.59 Å². The van der Waals surface area contributed by atoms with E-state index in [2.05, 4.69) is 15.5 Å². The number of benzene rings is 3. The van der Waals surface area contributed by atoms with Crippen molar-refractivity contribution in [1.82, 2.24) is 19.6 Å². The Labute approximate surface area is 214 Å². The molecule has 184 valence electrons. The Morgan fingerprint density at radius 1 is 0.784 bits per heavy atom. The Bertz CT molecular complexity index is 1540. The summed E-state index contributed by atoms with van der Waals surface area (Å²) in [4.78, 5) is 25.8. The van der Waals surface area contributed by atoms with Crippen LogP contribution in [0.25, 0.3) is 22.6 Å². The number of hydrogen-bond donors (Lipinski definition) is 1. The molecule has 8 heteroatoms. The molecule has 0 aliphatic heterocycles. The van der Waals surface area contributed by atoms with Crippen molar-refractivity contribution in [2.24, 2.45) is 0 Å². The number of anilines is 1. The van der Waals surface area contributed by atoms with Gasteiger partial charge < -0.3 is 10.1 Å². The van der Waals surface area contributed by atoms with Crippen molar-refractivity contribution < 1.29 is 14.3 Å². The van der Waals surface area contributed by atoms with Crippen LogP contribution in [0.4, 0.5) is 5.69 Å². The second-order valence-electron chi connectivity index (χ2n) is 8.45. The molecule has 8 nitrogen and oxygen atoms in total. The molecule has 0 saturated carbocycles. The first kappa shape index (κ1) is 23.7. The predicted molar refractivity (Wildman–Crippen MR) is 141 cm³/mol. The van der Waals surface area contributed by atoms with E-state index in [1.54, 1.807) is 10.7 Å². The third kappa shape index (κ3) is 5.04. The first-order chi connectivity index (χ1) is 18.0. The minimum Gasteiger partial charge on any atom is -0.451 e. The van der Waals surface area contributed by atoms with Crippen molar-refractivity contribution in [3.8, 4) is 22.6 Å². The van der Waals surface area contributed by atoms with Gasteiger partial charge in [0.15, 0.2) is 12.3 Å². The molecular weight excluding hydrogens is 466 g/mol. The lowest BCUT2D eigenvalue weighted by molar-refractivity contribution is -0.119. The van der Waals surface area contributed by atoms with Gasteiger partial charge in [-0.15, -0.1) is 0 Å². The molecule has 3 aromatic carbocycles. The summed E-state index contributed by atoms with van der Waals surface area (Å²) in [6.45, 7) is 3.24. The number of amides is 1. The van der Waals surface area contributed by atoms with Crippen LogP contribution in [0.2, 0.25) is 0 Å². The highest BCUT2D eigenvalue weighted by atomic mass is 16.5. The first-order valence-corrected chi connectivity index (χ1v) is 11.8. The van der Waals surface area contributed by atoms with Gasteiger partial charge in [-0.1, -0.05) is 66.7 Å². The van der Waals surface area contributed by atoms with E-state index in [1.165, 1.54) is 4.68 Å². The molecule has 0 fully saturated rings. The average molecular weight is 492 g/mol. The summed E-state index contributed by atoms with van der Waals surface area (Å²) in [7, 11) is 0. The fourth-order valence-electron chi connectivity index (χ4n) is 4.07. The van der Waals surface area contributed by atoms with Crippen LogP contribution in [0.3, 0.4) is 0 Å².